The molecule has 5 N–H and O–H groups in total. The minimum atomic E-state index is -1.06. The number of alkyl carbamates (subject to hydrolysis) is 1. The molecule has 1 heterocycles. The van der Waals surface area contributed by atoms with Gasteiger partial charge in [-0.2, -0.15) is 0 Å². The van der Waals surface area contributed by atoms with Crippen LogP contribution in [0.3, 0.4) is 0 Å². The molecule has 1 saturated carbocycles. The molecule has 0 aromatic carbocycles. The molecular formula is C32H54N6O8. The number of ketones is 1. The number of nitrogens with zero attached hydrogens (tertiary/aromatic N) is 1. The lowest BCUT2D eigenvalue weighted by Crippen LogP contribution is -2.61. The molecule has 2 rings (SSSR count). The van der Waals surface area contributed by atoms with Gasteiger partial charge in [0.2, 0.25) is 29.4 Å². The Bertz CT molecular complexity index is 1170. The molecule has 14 nitrogen and oxygen atoms in total. The summed E-state index contributed by atoms with van der Waals surface area (Å²) < 4.78 is 4.61. The number of hydrogen-bond acceptors (Lipinski definition) is 8. The summed E-state index contributed by atoms with van der Waals surface area (Å²) in [7, 11) is 1.18. The summed E-state index contributed by atoms with van der Waals surface area (Å²) >= 11 is 0. The van der Waals surface area contributed by atoms with Gasteiger partial charge in [-0.3, -0.25) is 28.8 Å². The third-order valence-electron chi connectivity index (χ3n) is 8.53. The zero-order valence-corrected chi connectivity index (χ0v) is 29.0. The molecule has 6 atom stereocenters. The van der Waals surface area contributed by atoms with Gasteiger partial charge in [0.15, 0.2) is 0 Å². The molecule has 0 bridgehead atoms. The lowest BCUT2D eigenvalue weighted by Gasteiger charge is -2.36. The van der Waals surface area contributed by atoms with Crippen molar-refractivity contribution in [3.05, 3.63) is 0 Å². The van der Waals surface area contributed by atoms with Gasteiger partial charge in [-0.1, -0.05) is 68.7 Å². The number of amides is 6. The topological polar surface area (TPSA) is 192 Å². The summed E-state index contributed by atoms with van der Waals surface area (Å²) in [6.07, 6.45) is 1.67. The van der Waals surface area contributed by atoms with E-state index in [0.29, 0.717) is 6.42 Å². The largest absolute Gasteiger partial charge is 0.453 e. The highest BCUT2D eigenvalue weighted by atomic mass is 16.5. The van der Waals surface area contributed by atoms with Crippen LogP contribution in [0, 0.1) is 22.7 Å². The van der Waals surface area contributed by atoms with E-state index in [1.165, 1.54) is 12.0 Å². The number of methoxy groups -OCH3 is 1. The van der Waals surface area contributed by atoms with Gasteiger partial charge in [-0.15, -0.1) is 0 Å². The molecule has 0 aromatic rings. The smallest absolute Gasteiger partial charge is 0.407 e. The minimum absolute atomic E-state index is 0.00690. The number of carbonyl (C=O) groups is 7. The molecule has 6 amide bonds. The number of carbonyl (C=O) groups excluding carboxylic acids is 7. The average molecular weight is 651 g/mol. The van der Waals surface area contributed by atoms with Gasteiger partial charge in [0.05, 0.1) is 19.7 Å². The Balaban J connectivity index is 2.19. The fraction of sp³-hybridized carbons (Fsp3) is 0.781. The monoisotopic (exact) mass is 650 g/mol. The number of likely N-dealkylation sites (tertiary alicyclic amines) is 1. The van der Waals surface area contributed by atoms with E-state index in [4.69, 9.17) is 0 Å². The van der Waals surface area contributed by atoms with E-state index in [2.05, 4.69) is 31.3 Å². The van der Waals surface area contributed by atoms with E-state index in [1.807, 2.05) is 20.8 Å². The lowest BCUT2D eigenvalue weighted by atomic mass is 9.85. The first-order valence-electron chi connectivity index (χ1n) is 16.1. The molecule has 1 saturated heterocycles. The van der Waals surface area contributed by atoms with Gasteiger partial charge < -0.3 is 36.2 Å². The summed E-state index contributed by atoms with van der Waals surface area (Å²) in [5.74, 6) is -4.02. The summed E-state index contributed by atoms with van der Waals surface area (Å²) in [4.78, 5) is 92.5. The summed E-state index contributed by atoms with van der Waals surface area (Å²) in [5.41, 5.74) is -1.48. The van der Waals surface area contributed by atoms with Crippen molar-refractivity contribution in [1.29, 1.82) is 0 Å². The van der Waals surface area contributed by atoms with Gasteiger partial charge in [0.1, 0.15) is 18.1 Å². The van der Waals surface area contributed by atoms with Crippen LogP contribution in [-0.4, -0.2) is 96.7 Å². The molecule has 0 spiro atoms. The van der Waals surface area contributed by atoms with E-state index in [0.717, 1.165) is 12.8 Å². The van der Waals surface area contributed by atoms with Gasteiger partial charge in [0.25, 0.3) is 5.91 Å². The zero-order chi connectivity index (χ0) is 35.1. The van der Waals surface area contributed by atoms with E-state index in [9.17, 15) is 33.6 Å². The molecule has 260 valence electrons. The highest BCUT2D eigenvalue weighted by molar-refractivity contribution is 6.38. The van der Waals surface area contributed by atoms with Crippen LogP contribution in [0.4, 0.5) is 4.79 Å². The Labute approximate surface area is 272 Å². The second-order valence-electron chi connectivity index (χ2n) is 14.8. The standard InChI is InChI=1S/C32H54N6O8/c1-11-12-20(23(40)27(42)34-19-13-14-19)35-26(41)22-18(3)17(2)16-38(22)29(44)25(32(7,8)9)36-21(39)15-33-28(43)24(31(4,5)6)37-30(45)46-10/h17-20,22,24-25H,11-16H2,1-10H3,(H,33,43)(H,34,42)(H,35,41)(H,36,39)(H,37,45)/t17-,18?,20-,22-,24-,25+/m0/s1. The Kier molecular flexibility index (Phi) is 13.2. The molecule has 1 unspecified atom stereocenters. The fourth-order valence-corrected chi connectivity index (χ4v) is 5.40. The summed E-state index contributed by atoms with van der Waals surface area (Å²) in [5, 5.41) is 13.1. The summed E-state index contributed by atoms with van der Waals surface area (Å²) in [6, 6.07) is -4.02. The normalized spacial score (nSPS) is 21.7. The van der Waals surface area contributed by atoms with Crippen molar-refractivity contribution in [3.8, 4) is 0 Å². The van der Waals surface area contributed by atoms with Crippen LogP contribution in [0.5, 0.6) is 0 Å². The predicted molar refractivity (Wildman–Crippen MR) is 170 cm³/mol. The quantitative estimate of drug-likeness (QED) is 0.182. The van der Waals surface area contributed by atoms with E-state index in [1.54, 1.807) is 41.5 Å². The van der Waals surface area contributed by atoms with E-state index >= 15 is 0 Å². The first-order chi connectivity index (χ1) is 21.2. The number of ether oxygens (including phenoxy) is 1. The second-order valence-corrected chi connectivity index (χ2v) is 14.8. The van der Waals surface area contributed by atoms with Crippen LogP contribution in [0.15, 0.2) is 0 Å². The second kappa shape index (κ2) is 15.7. The number of rotatable bonds is 13. The average Bonchev–Trinajstić information content (AvgIpc) is 3.72. The minimum Gasteiger partial charge on any atom is -0.453 e. The maximum absolute atomic E-state index is 14.1. The van der Waals surface area contributed by atoms with Crippen molar-refractivity contribution < 1.29 is 38.3 Å². The van der Waals surface area contributed by atoms with E-state index in [-0.39, 0.29) is 30.8 Å². The van der Waals surface area contributed by atoms with Crippen LogP contribution in [0.1, 0.15) is 88.0 Å². The first-order valence-corrected chi connectivity index (χ1v) is 16.1. The Morgan fingerprint density at radius 1 is 0.870 bits per heavy atom. The molecule has 1 aliphatic carbocycles. The predicted octanol–water partition coefficient (Wildman–Crippen LogP) is 1.02. The van der Waals surface area contributed by atoms with Crippen molar-refractivity contribution in [3.63, 3.8) is 0 Å². The fourth-order valence-electron chi connectivity index (χ4n) is 5.40. The van der Waals surface area contributed by atoms with Crippen molar-refractivity contribution in [2.24, 2.45) is 22.7 Å². The molecule has 0 radical (unpaired) electrons. The van der Waals surface area contributed by atoms with Crippen LogP contribution >= 0.6 is 0 Å². The van der Waals surface area contributed by atoms with Crippen LogP contribution in [-0.2, 0) is 33.5 Å². The van der Waals surface area contributed by atoms with Gasteiger partial charge >= 0.3 is 6.09 Å². The lowest BCUT2D eigenvalue weighted by molar-refractivity contribution is -0.145. The van der Waals surface area contributed by atoms with Crippen LogP contribution in [0.2, 0.25) is 0 Å². The molecular weight excluding hydrogens is 596 g/mol. The molecule has 0 aromatic heterocycles. The zero-order valence-electron chi connectivity index (χ0n) is 29.0. The molecule has 46 heavy (non-hydrogen) atoms. The number of Topliss-reactive ketones (excluding diaryl/α,β-unsaturated/α-hetero) is 1. The van der Waals surface area contributed by atoms with Crippen molar-refractivity contribution in [2.45, 2.75) is 118 Å². The van der Waals surface area contributed by atoms with Crippen LogP contribution < -0.4 is 26.6 Å². The Morgan fingerprint density at radius 3 is 1.96 bits per heavy atom. The number of hydrogen-bond donors (Lipinski definition) is 5. The molecule has 14 heteroatoms. The maximum Gasteiger partial charge on any atom is 0.407 e. The Hall–Kier alpha value is -3.71. The van der Waals surface area contributed by atoms with Crippen molar-refractivity contribution in [1.82, 2.24) is 31.5 Å². The molecule has 1 aliphatic heterocycles. The Morgan fingerprint density at radius 2 is 1.46 bits per heavy atom. The van der Waals surface area contributed by atoms with Gasteiger partial charge in [-0.25, -0.2) is 4.79 Å². The number of nitrogens with one attached hydrogen (secondary N) is 5. The first kappa shape index (κ1) is 38.5. The molecule has 2 aliphatic rings. The highest BCUT2D eigenvalue weighted by Gasteiger charge is 2.48. The van der Waals surface area contributed by atoms with E-state index < -0.39 is 83.0 Å². The summed E-state index contributed by atoms with van der Waals surface area (Å²) in [6.45, 7) is 16.0. The van der Waals surface area contributed by atoms with Gasteiger partial charge in [0, 0.05) is 12.6 Å². The van der Waals surface area contributed by atoms with Crippen molar-refractivity contribution >= 4 is 41.4 Å². The van der Waals surface area contributed by atoms with Gasteiger partial charge in [-0.05, 0) is 41.9 Å². The van der Waals surface area contributed by atoms with Crippen molar-refractivity contribution in [2.75, 3.05) is 20.2 Å². The third-order valence-corrected chi connectivity index (χ3v) is 8.53. The maximum atomic E-state index is 14.1. The molecule has 2 fully saturated rings. The SMILES string of the molecule is CCC[C@H](NC(=O)[C@@H]1C(C)[C@@H](C)CN1C(=O)[C@@H](NC(=O)CNC(=O)[C@H](NC(=O)OC)C(C)(C)C)C(C)(C)C)C(=O)C(=O)NC1CC1. The highest BCUT2D eigenvalue weighted by Crippen LogP contribution is 2.32. The van der Waals surface area contributed by atoms with Crippen LogP contribution in [0.25, 0.3) is 0 Å². The third kappa shape index (κ3) is 10.4.